The van der Waals surface area contributed by atoms with E-state index in [0.717, 1.165) is 23.9 Å². The second kappa shape index (κ2) is 4.23. The molecule has 16 heavy (non-hydrogen) atoms. The first-order valence-corrected chi connectivity index (χ1v) is 5.15. The highest BCUT2D eigenvalue weighted by Gasteiger charge is 2.05. The number of carboxylic acids is 1. The average Bonchev–Trinajstić information content (AvgIpc) is 2.68. The van der Waals surface area contributed by atoms with Gasteiger partial charge < -0.3 is 9.67 Å². The maximum Gasteiger partial charge on any atom is 0.335 e. The third kappa shape index (κ3) is 1.84. The van der Waals surface area contributed by atoms with E-state index in [0.29, 0.717) is 5.56 Å². The maximum absolute atomic E-state index is 10.8. The fourth-order valence-corrected chi connectivity index (χ4v) is 1.76. The summed E-state index contributed by atoms with van der Waals surface area (Å²) in [6, 6.07) is 7.11. The Labute approximate surface area is 93.6 Å². The average molecular weight is 215 g/mol. The largest absolute Gasteiger partial charge is 0.478 e. The van der Waals surface area contributed by atoms with Crippen LogP contribution in [-0.4, -0.2) is 15.6 Å². The summed E-state index contributed by atoms with van der Waals surface area (Å²) in [6.45, 7) is 4.56. The third-order valence-corrected chi connectivity index (χ3v) is 2.59. The molecule has 1 N–H and O–H groups in total. The number of aromatic carboxylic acids is 1. The highest BCUT2D eigenvalue weighted by molar-refractivity contribution is 5.93. The Hall–Kier alpha value is -2.03. The lowest BCUT2D eigenvalue weighted by Crippen LogP contribution is -1.97. The number of rotatable bonds is 4. The molecule has 0 spiro atoms. The summed E-state index contributed by atoms with van der Waals surface area (Å²) >= 11 is 0. The molecular weight excluding hydrogens is 202 g/mol. The lowest BCUT2D eigenvalue weighted by atomic mass is 10.1. The molecule has 0 saturated heterocycles. The van der Waals surface area contributed by atoms with Gasteiger partial charge in [0, 0.05) is 23.6 Å². The molecule has 0 aliphatic rings. The van der Waals surface area contributed by atoms with Crippen LogP contribution in [0.4, 0.5) is 0 Å². The van der Waals surface area contributed by atoms with Gasteiger partial charge in [-0.1, -0.05) is 6.08 Å². The molecular formula is C13H13NO2. The number of aromatic nitrogens is 1. The van der Waals surface area contributed by atoms with E-state index in [4.69, 9.17) is 5.11 Å². The molecule has 1 heterocycles. The molecule has 0 radical (unpaired) electrons. The fourth-order valence-electron chi connectivity index (χ4n) is 1.76. The van der Waals surface area contributed by atoms with Crippen LogP contribution >= 0.6 is 0 Å². The van der Waals surface area contributed by atoms with E-state index in [1.807, 2.05) is 24.4 Å². The summed E-state index contributed by atoms with van der Waals surface area (Å²) in [4.78, 5) is 10.8. The Bertz CT molecular complexity index is 540. The molecule has 0 unspecified atom stereocenters. The predicted molar refractivity (Wildman–Crippen MR) is 63.7 cm³/mol. The van der Waals surface area contributed by atoms with Gasteiger partial charge in [-0.25, -0.2) is 4.79 Å². The quantitative estimate of drug-likeness (QED) is 0.797. The summed E-state index contributed by atoms with van der Waals surface area (Å²) in [5, 5.41) is 9.83. The smallest absolute Gasteiger partial charge is 0.335 e. The minimum Gasteiger partial charge on any atom is -0.478 e. The van der Waals surface area contributed by atoms with Gasteiger partial charge in [-0.2, -0.15) is 0 Å². The molecule has 82 valence electrons. The SMILES string of the molecule is C=CCCn1ccc2cc(C(=O)O)ccc21. The standard InChI is InChI=1S/C13H13NO2/c1-2-3-7-14-8-6-10-9-11(13(15)16)4-5-12(10)14/h2,4-6,8-9H,1,3,7H2,(H,15,16). The van der Waals surface area contributed by atoms with E-state index in [-0.39, 0.29) is 0 Å². The van der Waals surface area contributed by atoms with Gasteiger partial charge in [-0.15, -0.1) is 6.58 Å². The van der Waals surface area contributed by atoms with Crippen LogP contribution in [0.15, 0.2) is 43.1 Å². The maximum atomic E-state index is 10.8. The first-order valence-electron chi connectivity index (χ1n) is 5.15. The summed E-state index contributed by atoms with van der Waals surface area (Å²) < 4.78 is 2.10. The van der Waals surface area contributed by atoms with E-state index in [1.54, 1.807) is 12.1 Å². The van der Waals surface area contributed by atoms with Gasteiger partial charge in [0.05, 0.1) is 5.56 Å². The highest BCUT2D eigenvalue weighted by Crippen LogP contribution is 2.18. The third-order valence-electron chi connectivity index (χ3n) is 2.59. The van der Waals surface area contributed by atoms with Crippen LogP contribution in [-0.2, 0) is 6.54 Å². The minimum absolute atomic E-state index is 0.328. The molecule has 3 nitrogen and oxygen atoms in total. The van der Waals surface area contributed by atoms with Crippen molar-refractivity contribution in [2.24, 2.45) is 0 Å². The highest BCUT2D eigenvalue weighted by atomic mass is 16.4. The number of hydrogen-bond donors (Lipinski definition) is 1. The van der Waals surface area contributed by atoms with Crippen molar-refractivity contribution >= 4 is 16.9 Å². The van der Waals surface area contributed by atoms with Crippen molar-refractivity contribution in [2.45, 2.75) is 13.0 Å². The van der Waals surface area contributed by atoms with Gasteiger partial charge >= 0.3 is 5.97 Å². The molecule has 0 atom stereocenters. The number of fused-ring (bicyclic) bond motifs is 1. The Kier molecular flexibility index (Phi) is 2.77. The Balaban J connectivity index is 2.42. The minimum atomic E-state index is -0.888. The molecule has 0 aliphatic carbocycles. The van der Waals surface area contributed by atoms with Crippen molar-refractivity contribution in [3.63, 3.8) is 0 Å². The Morgan fingerprint density at radius 3 is 2.94 bits per heavy atom. The van der Waals surface area contributed by atoms with Crippen molar-refractivity contribution in [1.29, 1.82) is 0 Å². The van der Waals surface area contributed by atoms with E-state index in [9.17, 15) is 4.79 Å². The molecule has 0 fully saturated rings. The number of carboxylic acid groups (broad SMARTS) is 1. The Morgan fingerprint density at radius 2 is 2.25 bits per heavy atom. The molecule has 0 aliphatic heterocycles. The van der Waals surface area contributed by atoms with Gasteiger partial charge in [0.1, 0.15) is 0 Å². The van der Waals surface area contributed by atoms with Gasteiger partial charge in [0.25, 0.3) is 0 Å². The lowest BCUT2D eigenvalue weighted by molar-refractivity contribution is 0.0697. The summed E-state index contributed by atoms with van der Waals surface area (Å²) in [7, 11) is 0. The predicted octanol–water partition coefficient (Wildman–Crippen LogP) is 2.92. The zero-order chi connectivity index (χ0) is 11.5. The number of aryl methyl sites for hydroxylation is 1. The molecule has 0 bridgehead atoms. The van der Waals surface area contributed by atoms with Crippen molar-refractivity contribution in [3.05, 3.63) is 48.7 Å². The van der Waals surface area contributed by atoms with Crippen LogP contribution in [0.1, 0.15) is 16.8 Å². The number of benzene rings is 1. The first kappa shape index (κ1) is 10.5. The van der Waals surface area contributed by atoms with Crippen molar-refractivity contribution in [2.75, 3.05) is 0 Å². The number of carbonyl (C=O) groups is 1. The van der Waals surface area contributed by atoms with Crippen molar-refractivity contribution in [3.8, 4) is 0 Å². The van der Waals surface area contributed by atoms with Gasteiger partial charge in [0.2, 0.25) is 0 Å². The topological polar surface area (TPSA) is 42.2 Å². The van der Waals surface area contributed by atoms with E-state index in [2.05, 4.69) is 11.1 Å². The number of hydrogen-bond acceptors (Lipinski definition) is 1. The molecule has 1 aromatic carbocycles. The second-order valence-electron chi connectivity index (χ2n) is 3.67. The fraction of sp³-hybridized carbons (Fsp3) is 0.154. The van der Waals surface area contributed by atoms with Crippen LogP contribution in [0.5, 0.6) is 0 Å². The lowest BCUT2D eigenvalue weighted by Gasteiger charge is -2.03. The number of allylic oxidation sites excluding steroid dienone is 1. The molecule has 1 aromatic heterocycles. The zero-order valence-corrected chi connectivity index (χ0v) is 8.89. The van der Waals surface area contributed by atoms with Gasteiger partial charge in [0.15, 0.2) is 0 Å². The molecule has 0 saturated carbocycles. The molecule has 2 aromatic rings. The van der Waals surface area contributed by atoms with Crippen molar-refractivity contribution in [1.82, 2.24) is 4.57 Å². The summed E-state index contributed by atoms with van der Waals surface area (Å²) in [5.41, 5.74) is 1.39. The normalized spacial score (nSPS) is 10.5. The van der Waals surface area contributed by atoms with Crippen LogP contribution in [0, 0.1) is 0 Å². The van der Waals surface area contributed by atoms with Crippen LogP contribution in [0.2, 0.25) is 0 Å². The second-order valence-corrected chi connectivity index (χ2v) is 3.67. The molecule has 3 heteroatoms. The van der Waals surface area contributed by atoms with Crippen LogP contribution < -0.4 is 0 Å². The van der Waals surface area contributed by atoms with Crippen molar-refractivity contribution < 1.29 is 9.90 Å². The summed E-state index contributed by atoms with van der Waals surface area (Å²) in [6.07, 6.45) is 4.75. The Morgan fingerprint density at radius 1 is 1.44 bits per heavy atom. The van der Waals surface area contributed by atoms with E-state index in [1.165, 1.54) is 0 Å². The summed E-state index contributed by atoms with van der Waals surface area (Å²) in [5.74, 6) is -0.888. The van der Waals surface area contributed by atoms with Crippen LogP contribution in [0.25, 0.3) is 10.9 Å². The molecule has 0 amide bonds. The van der Waals surface area contributed by atoms with Gasteiger partial charge in [-0.3, -0.25) is 0 Å². The van der Waals surface area contributed by atoms with Crippen LogP contribution in [0.3, 0.4) is 0 Å². The molecule has 2 rings (SSSR count). The number of nitrogens with zero attached hydrogens (tertiary/aromatic N) is 1. The zero-order valence-electron chi connectivity index (χ0n) is 8.89. The first-order chi connectivity index (χ1) is 7.72. The van der Waals surface area contributed by atoms with E-state index >= 15 is 0 Å². The monoisotopic (exact) mass is 215 g/mol. The van der Waals surface area contributed by atoms with Gasteiger partial charge in [-0.05, 0) is 30.7 Å². The van der Waals surface area contributed by atoms with E-state index < -0.39 is 5.97 Å².